The van der Waals surface area contributed by atoms with Gasteiger partial charge < -0.3 is 25.2 Å². The molecule has 30 heavy (non-hydrogen) atoms. The van der Waals surface area contributed by atoms with Gasteiger partial charge in [-0.15, -0.1) is 0 Å². The molecule has 2 heterocycles. The van der Waals surface area contributed by atoms with Gasteiger partial charge in [-0.3, -0.25) is 4.79 Å². The Bertz CT molecular complexity index is 865. The van der Waals surface area contributed by atoms with Crippen molar-refractivity contribution in [2.24, 2.45) is 0 Å². The fourth-order valence-corrected chi connectivity index (χ4v) is 3.15. The first-order valence-corrected chi connectivity index (χ1v) is 9.74. The monoisotopic (exact) mass is 411 g/mol. The quantitative estimate of drug-likeness (QED) is 0.702. The van der Waals surface area contributed by atoms with Gasteiger partial charge in [-0.25, -0.2) is 14.6 Å². The molecule has 3 rings (SSSR count). The van der Waals surface area contributed by atoms with Gasteiger partial charge in [-0.05, 0) is 36.4 Å². The largest absolute Gasteiger partial charge is 0.465 e. The van der Waals surface area contributed by atoms with Gasteiger partial charge in [0.25, 0.3) is 0 Å². The van der Waals surface area contributed by atoms with Crippen LogP contribution in [0.2, 0.25) is 0 Å². The fourth-order valence-electron chi connectivity index (χ4n) is 3.15. The maximum Gasteiger partial charge on any atom is 0.337 e. The summed E-state index contributed by atoms with van der Waals surface area (Å²) in [6.45, 7) is 2.98. The number of nitrogens with zero attached hydrogens (tertiary/aromatic N) is 3. The minimum absolute atomic E-state index is 0.0124. The van der Waals surface area contributed by atoms with Crippen LogP contribution in [0.15, 0.2) is 48.7 Å². The van der Waals surface area contributed by atoms with Crippen LogP contribution < -0.4 is 15.5 Å². The molecule has 2 aromatic rings. The maximum atomic E-state index is 12.4. The number of benzene rings is 1. The molecule has 0 radical (unpaired) electrons. The van der Waals surface area contributed by atoms with E-state index in [0.29, 0.717) is 24.3 Å². The molecule has 1 aliphatic heterocycles. The number of rotatable bonds is 6. The fraction of sp³-hybridized carbons (Fsp3) is 0.333. The number of carbonyl (C=O) groups is 3. The molecule has 0 spiro atoms. The number of hydrogen-bond donors (Lipinski definition) is 2. The third kappa shape index (κ3) is 5.69. The van der Waals surface area contributed by atoms with E-state index in [0.717, 1.165) is 18.9 Å². The standard InChI is InChI=1S/C21H25N5O4/c1-30-20(28)16-5-7-17(8-6-16)24-21(29)23-11-9-19(27)26-14-12-25(13-15-26)18-4-2-3-10-22-18/h2-8,10H,9,11-15H2,1H3,(H2,23,24,29). The van der Waals surface area contributed by atoms with Gasteiger partial charge in [0.1, 0.15) is 5.82 Å². The van der Waals surface area contributed by atoms with Crippen LogP contribution in [0.1, 0.15) is 16.8 Å². The summed E-state index contributed by atoms with van der Waals surface area (Å²) in [5.41, 5.74) is 0.939. The maximum absolute atomic E-state index is 12.4. The van der Waals surface area contributed by atoms with E-state index in [1.807, 2.05) is 23.1 Å². The Labute approximate surface area is 175 Å². The van der Waals surface area contributed by atoms with Gasteiger partial charge in [0.15, 0.2) is 0 Å². The first-order chi connectivity index (χ1) is 14.6. The normalized spacial score (nSPS) is 13.5. The van der Waals surface area contributed by atoms with Crippen molar-refractivity contribution in [3.05, 3.63) is 54.2 Å². The Morgan fingerprint density at radius 3 is 2.40 bits per heavy atom. The van der Waals surface area contributed by atoms with E-state index in [1.165, 1.54) is 7.11 Å². The van der Waals surface area contributed by atoms with Gasteiger partial charge in [0.05, 0.1) is 12.7 Å². The summed E-state index contributed by atoms with van der Waals surface area (Å²) in [4.78, 5) is 44.1. The van der Waals surface area contributed by atoms with Gasteiger partial charge >= 0.3 is 12.0 Å². The second-order valence-corrected chi connectivity index (χ2v) is 6.76. The zero-order valence-electron chi connectivity index (χ0n) is 16.8. The van der Waals surface area contributed by atoms with E-state index in [9.17, 15) is 14.4 Å². The molecule has 0 unspecified atom stereocenters. The van der Waals surface area contributed by atoms with Crippen molar-refractivity contribution in [3.63, 3.8) is 0 Å². The predicted octanol–water partition coefficient (Wildman–Crippen LogP) is 1.73. The Morgan fingerprint density at radius 1 is 1.03 bits per heavy atom. The number of esters is 1. The van der Waals surface area contributed by atoms with Gasteiger partial charge in [0.2, 0.25) is 5.91 Å². The van der Waals surface area contributed by atoms with Gasteiger partial charge in [0, 0.05) is 51.0 Å². The molecule has 3 amide bonds. The van der Waals surface area contributed by atoms with E-state index >= 15 is 0 Å². The van der Waals surface area contributed by atoms with Crippen LogP contribution in [-0.2, 0) is 9.53 Å². The molecular formula is C21H25N5O4. The number of anilines is 2. The van der Waals surface area contributed by atoms with E-state index in [2.05, 4.69) is 25.3 Å². The summed E-state index contributed by atoms with van der Waals surface area (Å²) in [7, 11) is 1.31. The van der Waals surface area contributed by atoms with Crippen molar-refractivity contribution in [2.75, 3.05) is 50.1 Å². The molecule has 1 aliphatic rings. The lowest BCUT2D eigenvalue weighted by atomic mass is 10.2. The van der Waals surface area contributed by atoms with Crippen LogP contribution in [0.25, 0.3) is 0 Å². The Kier molecular flexibility index (Phi) is 7.20. The third-order valence-corrected chi connectivity index (χ3v) is 4.79. The minimum atomic E-state index is -0.439. The number of piperazine rings is 1. The van der Waals surface area contributed by atoms with Crippen LogP contribution in [0, 0.1) is 0 Å². The van der Waals surface area contributed by atoms with E-state index in [1.54, 1.807) is 30.5 Å². The van der Waals surface area contributed by atoms with Crippen LogP contribution >= 0.6 is 0 Å². The number of nitrogens with one attached hydrogen (secondary N) is 2. The van der Waals surface area contributed by atoms with E-state index in [-0.39, 0.29) is 18.9 Å². The average molecular weight is 411 g/mol. The van der Waals surface area contributed by atoms with Crippen molar-refractivity contribution in [3.8, 4) is 0 Å². The summed E-state index contributed by atoms with van der Waals surface area (Å²) < 4.78 is 4.63. The number of ether oxygens (including phenoxy) is 1. The summed E-state index contributed by atoms with van der Waals surface area (Å²) in [6.07, 6.45) is 2.00. The van der Waals surface area contributed by atoms with Crippen LogP contribution in [-0.4, -0.2) is 67.6 Å². The van der Waals surface area contributed by atoms with Crippen molar-refractivity contribution in [2.45, 2.75) is 6.42 Å². The van der Waals surface area contributed by atoms with Crippen molar-refractivity contribution < 1.29 is 19.1 Å². The minimum Gasteiger partial charge on any atom is -0.465 e. The third-order valence-electron chi connectivity index (χ3n) is 4.79. The predicted molar refractivity (Wildman–Crippen MR) is 112 cm³/mol. The average Bonchev–Trinajstić information content (AvgIpc) is 2.79. The highest BCUT2D eigenvalue weighted by atomic mass is 16.5. The number of urea groups is 1. The summed E-state index contributed by atoms with van der Waals surface area (Å²) in [5.74, 6) is 0.492. The smallest absolute Gasteiger partial charge is 0.337 e. The highest BCUT2D eigenvalue weighted by Crippen LogP contribution is 2.13. The molecule has 0 bridgehead atoms. The molecule has 1 aromatic heterocycles. The molecular weight excluding hydrogens is 386 g/mol. The first-order valence-electron chi connectivity index (χ1n) is 9.74. The Balaban J connectivity index is 1.36. The molecule has 0 atom stereocenters. The topological polar surface area (TPSA) is 104 Å². The Morgan fingerprint density at radius 2 is 1.77 bits per heavy atom. The molecule has 0 aliphatic carbocycles. The molecule has 9 heteroatoms. The van der Waals surface area contributed by atoms with Gasteiger partial charge in [-0.2, -0.15) is 0 Å². The van der Waals surface area contributed by atoms with Gasteiger partial charge in [-0.1, -0.05) is 6.07 Å². The van der Waals surface area contributed by atoms with Crippen LogP contribution in [0.3, 0.4) is 0 Å². The van der Waals surface area contributed by atoms with Crippen molar-refractivity contribution in [1.29, 1.82) is 0 Å². The SMILES string of the molecule is COC(=O)c1ccc(NC(=O)NCCC(=O)N2CCN(c3ccccn3)CC2)cc1. The Hall–Kier alpha value is -3.62. The summed E-state index contributed by atoms with van der Waals surface area (Å²) in [6, 6.07) is 11.7. The number of methoxy groups -OCH3 is 1. The van der Waals surface area contributed by atoms with Crippen LogP contribution in [0.5, 0.6) is 0 Å². The summed E-state index contributed by atoms with van der Waals surface area (Å²) in [5, 5.41) is 5.34. The molecule has 158 valence electrons. The number of amides is 3. The number of pyridine rings is 1. The lowest BCUT2D eigenvalue weighted by molar-refractivity contribution is -0.131. The zero-order chi connectivity index (χ0) is 21.3. The van der Waals surface area contributed by atoms with Crippen LogP contribution in [0.4, 0.5) is 16.3 Å². The second-order valence-electron chi connectivity index (χ2n) is 6.76. The van der Waals surface area contributed by atoms with E-state index in [4.69, 9.17) is 0 Å². The number of carbonyl (C=O) groups excluding carboxylic acids is 3. The second kappa shape index (κ2) is 10.2. The number of aromatic nitrogens is 1. The lowest BCUT2D eigenvalue weighted by Crippen LogP contribution is -2.49. The highest BCUT2D eigenvalue weighted by Gasteiger charge is 2.21. The molecule has 1 fully saturated rings. The molecule has 1 aromatic carbocycles. The first kappa shape index (κ1) is 21.1. The van der Waals surface area contributed by atoms with Crippen molar-refractivity contribution >= 4 is 29.4 Å². The zero-order valence-corrected chi connectivity index (χ0v) is 16.8. The van der Waals surface area contributed by atoms with E-state index < -0.39 is 12.0 Å². The molecule has 9 nitrogen and oxygen atoms in total. The lowest BCUT2D eigenvalue weighted by Gasteiger charge is -2.35. The molecule has 0 saturated carbocycles. The number of hydrogen-bond acceptors (Lipinski definition) is 6. The molecule has 2 N–H and O–H groups in total. The highest BCUT2D eigenvalue weighted by molar-refractivity contribution is 5.92. The molecule has 1 saturated heterocycles. The van der Waals surface area contributed by atoms with Crippen molar-refractivity contribution in [1.82, 2.24) is 15.2 Å². The summed E-state index contributed by atoms with van der Waals surface area (Å²) >= 11 is 0.